The molecule has 0 aromatic rings. The zero-order chi connectivity index (χ0) is 9.84. The zero-order valence-corrected chi connectivity index (χ0v) is 8.32. The van der Waals surface area contributed by atoms with Gasteiger partial charge in [0.25, 0.3) is 0 Å². The van der Waals surface area contributed by atoms with Crippen LogP contribution < -0.4 is 5.73 Å². The number of ether oxygens (including phenoxy) is 1. The van der Waals surface area contributed by atoms with Gasteiger partial charge in [0.15, 0.2) is 0 Å². The molecule has 76 valence electrons. The molecule has 0 spiro atoms. The summed E-state index contributed by atoms with van der Waals surface area (Å²) in [6.45, 7) is 3.52. The maximum Gasteiger partial charge on any atom is 0.242 e. The molecule has 4 nitrogen and oxygen atoms in total. The van der Waals surface area contributed by atoms with Crippen molar-refractivity contribution in [1.29, 1.82) is 0 Å². The Kier molecular flexibility index (Phi) is 3.69. The van der Waals surface area contributed by atoms with Gasteiger partial charge in [0.1, 0.15) is 6.04 Å². The quantitative estimate of drug-likeness (QED) is 0.673. The number of likely N-dealkylation sites (tertiary alicyclic amines) is 1. The molecule has 13 heavy (non-hydrogen) atoms. The fourth-order valence-electron chi connectivity index (χ4n) is 1.50. The highest BCUT2D eigenvalue weighted by molar-refractivity contribution is 5.82. The van der Waals surface area contributed by atoms with Gasteiger partial charge < -0.3 is 15.4 Å². The van der Waals surface area contributed by atoms with Crippen molar-refractivity contribution in [2.24, 2.45) is 5.73 Å². The summed E-state index contributed by atoms with van der Waals surface area (Å²) in [5.41, 5.74) is 5.73. The summed E-state index contributed by atoms with van der Waals surface area (Å²) in [5.74, 6) is 0.0202. The SMILES string of the molecule is CO[C@H](C)[C@H](N)C(=O)N1CCCC1. The van der Waals surface area contributed by atoms with Crippen LogP contribution in [0.15, 0.2) is 0 Å². The summed E-state index contributed by atoms with van der Waals surface area (Å²) in [4.78, 5) is 13.5. The Bertz CT molecular complexity index is 178. The van der Waals surface area contributed by atoms with Gasteiger partial charge >= 0.3 is 0 Å². The van der Waals surface area contributed by atoms with Crippen LogP contribution in [0.1, 0.15) is 19.8 Å². The van der Waals surface area contributed by atoms with Crippen molar-refractivity contribution < 1.29 is 9.53 Å². The van der Waals surface area contributed by atoms with Gasteiger partial charge in [-0.3, -0.25) is 4.79 Å². The molecule has 1 rings (SSSR count). The van der Waals surface area contributed by atoms with E-state index in [4.69, 9.17) is 10.5 Å². The van der Waals surface area contributed by atoms with Crippen LogP contribution in [-0.2, 0) is 9.53 Å². The average molecular weight is 186 g/mol. The van der Waals surface area contributed by atoms with Crippen LogP contribution in [0.5, 0.6) is 0 Å². The molecule has 0 bridgehead atoms. The Labute approximate surface area is 79.0 Å². The van der Waals surface area contributed by atoms with E-state index in [0.29, 0.717) is 0 Å². The summed E-state index contributed by atoms with van der Waals surface area (Å²) in [7, 11) is 1.57. The number of rotatable bonds is 3. The van der Waals surface area contributed by atoms with E-state index in [1.807, 2.05) is 11.8 Å². The smallest absolute Gasteiger partial charge is 0.242 e. The monoisotopic (exact) mass is 186 g/mol. The fourth-order valence-corrected chi connectivity index (χ4v) is 1.50. The lowest BCUT2D eigenvalue weighted by Gasteiger charge is -2.23. The van der Waals surface area contributed by atoms with Crippen molar-refractivity contribution in [3.05, 3.63) is 0 Å². The number of carbonyl (C=O) groups excluding carboxylic acids is 1. The first kappa shape index (κ1) is 10.5. The lowest BCUT2D eigenvalue weighted by Crippen LogP contribution is -2.48. The summed E-state index contributed by atoms with van der Waals surface area (Å²) in [6, 6.07) is -0.511. The van der Waals surface area contributed by atoms with Crippen molar-refractivity contribution in [2.45, 2.75) is 31.9 Å². The van der Waals surface area contributed by atoms with Crippen LogP contribution in [-0.4, -0.2) is 43.2 Å². The molecule has 1 aliphatic rings. The van der Waals surface area contributed by atoms with E-state index in [1.54, 1.807) is 7.11 Å². The third-order valence-electron chi connectivity index (χ3n) is 2.58. The van der Waals surface area contributed by atoms with Crippen molar-refractivity contribution in [2.75, 3.05) is 20.2 Å². The summed E-state index contributed by atoms with van der Waals surface area (Å²) < 4.78 is 5.02. The Morgan fingerprint density at radius 1 is 1.46 bits per heavy atom. The molecule has 1 saturated heterocycles. The molecule has 0 unspecified atom stereocenters. The molecule has 1 aliphatic heterocycles. The predicted molar refractivity (Wildman–Crippen MR) is 50.3 cm³/mol. The maximum absolute atomic E-state index is 11.7. The normalized spacial score (nSPS) is 21.6. The molecule has 0 aromatic carbocycles. The largest absolute Gasteiger partial charge is 0.380 e. The van der Waals surface area contributed by atoms with Gasteiger partial charge in [0.05, 0.1) is 6.10 Å². The van der Waals surface area contributed by atoms with Crippen molar-refractivity contribution >= 4 is 5.91 Å². The molecule has 0 saturated carbocycles. The summed E-state index contributed by atoms with van der Waals surface area (Å²) in [6.07, 6.45) is 1.99. The minimum atomic E-state index is -0.511. The minimum absolute atomic E-state index is 0.0202. The minimum Gasteiger partial charge on any atom is -0.380 e. The molecule has 1 heterocycles. The topological polar surface area (TPSA) is 55.6 Å². The van der Waals surface area contributed by atoms with Crippen molar-refractivity contribution in [3.63, 3.8) is 0 Å². The molecule has 1 fully saturated rings. The fraction of sp³-hybridized carbons (Fsp3) is 0.889. The standard InChI is InChI=1S/C9H18N2O2/c1-7(13-2)8(10)9(12)11-5-3-4-6-11/h7-8H,3-6,10H2,1-2H3/t7-,8+/m1/s1. The molecule has 2 N–H and O–H groups in total. The molecule has 4 heteroatoms. The van der Waals surface area contributed by atoms with Gasteiger partial charge in [0.2, 0.25) is 5.91 Å². The average Bonchev–Trinajstić information content (AvgIpc) is 2.67. The lowest BCUT2D eigenvalue weighted by atomic mass is 10.1. The Balaban J connectivity index is 2.45. The van der Waals surface area contributed by atoms with Crippen LogP contribution >= 0.6 is 0 Å². The van der Waals surface area contributed by atoms with Crippen LogP contribution in [0, 0.1) is 0 Å². The Morgan fingerprint density at radius 3 is 2.46 bits per heavy atom. The first-order valence-corrected chi connectivity index (χ1v) is 4.74. The van der Waals surface area contributed by atoms with Gasteiger partial charge in [-0.25, -0.2) is 0 Å². The molecule has 0 aromatic heterocycles. The van der Waals surface area contributed by atoms with Gasteiger partial charge in [-0.1, -0.05) is 0 Å². The first-order chi connectivity index (χ1) is 6.16. The first-order valence-electron chi connectivity index (χ1n) is 4.74. The lowest BCUT2D eigenvalue weighted by molar-refractivity contribution is -0.134. The number of methoxy groups -OCH3 is 1. The van der Waals surface area contributed by atoms with E-state index < -0.39 is 6.04 Å². The van der Waals surface area contributed by atoms with E-state index in [1.165, 1.54) is 0 Å². The van der Waals surface area contributed by atoms with Gasteiger partial charge in [0, 0.05) is 20.2 Å². The molecule has 0 radical (unpaired) electrons. The highest BCUT2D eigenvalue weighted by Gasteiger charge is 2.27. The second-order valence-corrected chi connectivity index (χ2v) is 3.50. The third-order valence-corrected chi connectivity index (χ3v) is 2.58. The van der Waals surface area contributed by atoms with E-state index in [-0.39, 0.29) is 12.0 Å². The maximum atomic E-state index is 11.7. The van der Waals surface area contributed by atoms with Crippen molar-refractivity contribution in [3.8, 4) is 0 Å². The van der Waals surface area contributed by atoms with E-state index in [2.05, 4.69) is 0 Å². The molecular weight excluding hydrogens is 168 g/mol. The predicted octanol–water partition coefficient (Wildman–Crippen LogP) is -0.0290. The Morgan fingerprint density at radius 2 is 2.00 bits per heavy atom. The van der Waals surface area contributed by atoms with Crippen LogP contribution in [0.2, 0.25) is 0 Å². The molecular formula is C9H18N2O2. The highest BCUT2D eigenvalue weighted by Crippen LogP contribution is 2.10. The van der Waals surface area contributed by atoms with Gasteiger partial charge in [-0.15, -0.1) is 0 Å². The van der Waals surface area contributed by atoms with Crippen molar-refractivity contribution in [1.82, 2.24) is 4.90 Å². The number of hydrogen-bond acceptors (Lipinski definition) is 3. The number of carbonyl (C=O) groups is 1. The number of nitrogens with zero attached hydrogens (tertiary/aromatic N) is 1. The van der Waals surface area contributed by atoms with E-state index in [0.717, 1.165) is 25.9 Å². The highest BCUT2D eigenvalue weighted by atomic mass is 16.5. The number of amides is 1. The molecule has 2 atom stereocenters. The number of hydrogen-bond donors (Lipinski definition) is 1. The molecule has 0 aliphatic carbocycles. The summed E-state index contributed by atoms with van der Waals surface area (Å²) >= 11 is 0. The zero-order valence-electron chi connectivity index (χ0n) is 8.32. The van der Waals surface area contributed by atoms with Crippen LogP contribution in [0.4, 0.5) is 0 Å². The Hall–Kier alpha value is -0.610. The van der Waals surface area contributed by atoms with E-state index >= 15 is 0 Å². The van der Waals surface area contributed by atoms with Gasteiger partial charge in [-0.2, -0.15) is 0 Å². The summed E-state index contributed by atoms with van der Waals surface area (Å²) in [5, 5.41) is 0. The van der Waals surface area contributed by atoms with Crippen LogP contribution in [0.3, 0.4) is 0 Å². The third kappa shape index (κ3) is 2.42. The number of nitrogens with two attached hydrogens (primary N) is 1. The van der Waals surface area contributed by atoms with E-state index in [9.17, 15) is 4.79 Å². The second-order valence-electron chi connectivity index (χ2n) is 3.50. The van der Waals surface area contributed by atoms with Crippen LogP contribution in [0.25, 0.3) is 0 Å². The van der Waals surface area contributed by atoms with Gasteiger partial charge in [-0.05, 0) is 19.8 Å². The second kappa shape index (κ2) is 4.58. The molecule has 1 amide bonds.